The Morgan fingerprint density at radius 2 is 1.87 bits per heavy atom. The zero-order chi connectivity index (χ0) is 16.4. The maximum Gasteiger partial charge on any atom is 0.410 e. The lowest BCUT2D eigenvalue weighted by Gasteiger charge is -2.26. The number of hydrogen-bond acceptors (Lipinski definition) is 3. The van der Waals surface area contributed by atoms with E-state index in [-0.39, 0.29) is 6.09 Å². The average molecular weight is 313 g/mol. The second kappa shape index (κ2) is 6.11. The Kier molecular flexibility index (Phi) is 4.16. The van der Waals surface area contributed by atoms with Crippen LogP contribution in [0, 0.1) is 0 Å². The van der Waals surface area contributed by atoms with E-state index in [2.05, 4.69) is 18.2 Å². The molecule has 0 fully saturated rings. The van der Waals surface area contributed by atoms with Gasteiger partial charge in [0.05, 0.1) is 6.26 Å². The van der Waals surface area contributed by atoms with Gasteiger partial charge < -0.3 is 14.1 Å². The summed E-state index contributed by atoms with van der Waals surface area (Å²) in [5.41, 5.74) is 3.21. The Labute approximate surface area is 137 Å². The SMILES string of the molecule is CC(C)(C)OC(=O)N1CCc2ccc(-c3ccco3)cc2CC1. The minimum absolute atomic E-state index is 0.225. The number of fused-ring (bicyclic) bond motifs is 1. The van der Waals surface area contributed by atoms with Crippen LogP contribution in [0.25, 0.3) is 11.3 Å². The summed E-state index contributed by atoms with van der Waals surface area (Å²) in [5.74, 6) is 0.876. The fourth-order valence-electron chi connectivity index (χ4n) is 2.83. The van der Waals surface area contributed by atoms with Crippen LogP contribution in [0.3, 0.4) is 0 Å². The Morgan fingerprint density at radius 3 is 2.52 bits per heavy atom. The van der Waals surface area contributed by atoms with Gasteiger partial charge >= 0.3 is 6.09 Å². The molecule has 1 aromatic carbocycles. The van der Waals surface area contributed by atoms with Gasteiger partial charge in [0, 0.05) is 18.7 Å². The first-order chi connectivity index (χ1) is 10.9. The third kappa shape index (κ3) is 3.76. The van der Waals surface area contributed by atoms with Crippen LogP contribution < -0.4 is 0 Å². The molecule has 0 aliphatic carbocycles. The van der Waals surface area contributed by atoms with E-state index in [1.807, 2.05) is 32.9 Å². The topological polar surface area (TPSA) is 42.7 Å². The highest BCUT2D eigenvalue weighted by molar-refractivity contribution is 5.68. The predicted octanol–water partition coefficient (Wildman–Crippen LogP) is 4.28. The predicted molar refractivity (Wildman–Crippen MR) is 89.4 cm³/mol. The molecule has 0 saturated carbocycles. The number of furan rings is 1. The van der Waals surface area contributed by atoms with E-state index in [4.69, 9.17) is 9.15 Å². The zero-order valence-electron chi connectivity index (χ0n) is 14.0. The highest BCUT2D eigenvalue weighted by Gasteiger charge is 2.24. The van der Waals surface area contributed by atoms with Crippen LogP contribution in [-0.2, 0) is 17.6 Å². The molecular formula is C19H23NO3. The molecule has 2 aromatic rings. The fourth-order valence-corrected chi connectivity index (χ4v) is 2.83. The molecule has 0 radical (unpaired) electrons. The second-order valence-corrected chi connectivity index (χ2v) is 6.93. The highest BCUT2D eigenvalue weighted by Crippen LogP contribution is 2.25. The molecule has 0 spiro atoms. The van der Waals surface area contributed by atoms with Crippen LogP contribution in [0.1, 0.15) is 31.9 Å². The van der Waals surface area contributed by atoms with E-state index in [1.165, 1.54) is 11.1 Å². The summed E-state index contributed by atoms with van der Waals surface area (Å²) in [6.07, 6.45) is 3.15. The third-order valence-corrected chi connectivity index (χ3v) is 3.97. The van der Waals surface area contributed by atoms with Gasteiger partial charge in [0.1, 0.15) is 11.4 Å². The van der Waals surface area contributed by atoms with E-state index in [1.54, 1.807) is 11.2 Å². The summed E-state index contributed by atoms with van der Waals surface area (Å²) >= 11 is 0. The molecule has 0 saturated heterocycles. The summed E-state index contributed by atoms with van der Waals surface area (Å²) in [6.45, 7) is 7.07. The van der Waals surface area contributed by atoms with E-state index in [0.717, 1.165) is 24.2 Å². The van der Waals surface area contributed by atoms with E-state index in [0.29, 0.717) is 13.1 Å². The maximum atomic E-state index is 12.3. The van der Waals surface area contributed by atoms with Crippen molar-refractivity contribution in [2.24, 2.45) is 0 Å². The van der Waals surface area contributed by atoms with Crippen molar-refractivity contribution in [1.82, 2.24) is 4.90 Å². The van der Waals surface area contributed by atoms with Crippen LogP contribution in [0.4, 0.5) is 4.79 Å². The van der Waals surface area contributed by atoms with Crippen molar-refractivity contribution in [1.29, 1.82) is 0 Å². The van der Waals surface area contributed by atoms with Crippen molar-refractivity contribution < 1.29 is 13.9 Å². The van der Waals surface area contributed by atoms with Crippen LogP contribution >= 0.6 is 0 Å². The zero-order valence-corrected chi connectivity index (χ0v) is 14.0. The molecule has 4 heteroatoms. The Balaban J connectivity index is 1.74. The Bertz CT molecular complexity index is 683. The standard InChI is InChI=1S/C19H23NO3/c1-19(2,3)23-18(21)20-10-8-14-6-7-16(13-15(14)9-11-20)17-5-4-12-22-17/h4-7,12-13H,8-11H2,1-3H3. The van der Waals surface area contributed by atoms with Gasteiger partial charge in [-0.1, -0.05) is 12.1 Å². The number of carbonyl (C=O) groups excluding carboxylic acids is 1. The normalized spacial score (nSPS) is 15.0. The van der Waals surface area contributed by atoms with Crippen molar-refractivity contribution in [2.75, 3.05) is 13.1 Å². The molecule has 0 atom stereocenters. The molecule has 23 heavy (non-hydrogen) atoms. The minimum Gasteiger partial charge on any atom is -0.464 e. The second-order valence-electron chi connectivity index (χ2n) is 6.93. The average Bonchev–Trinajstić information content (AvgIpc) is 2.92. The molecular weight excluding hydrogens is 290 g/mol. The van der Waals surface area contributed by atoms with Gasteiger partial charge in [-0.25, -0.2) is 4.79 Å². The molecule has 3 rings (SSSR count). The molecule has 1 amide bonds. The lowest BCUT2D eigenvalue weighted by molar-refractivity contribution is 0.0258. The molecule has 0 N–H and O–H groups in total. The largest absolute Gasteiger partial charge is 0.464 e. The lowest BCUT2D eigenvalue weighted by Crippen LogP contribution is -2.38. The molecule has 2 heterocycles. The number of benzene rings is 1. The number of nitrogens with zero attached hydrogens (tertiary/aromatic N) is 1. The van der Waals surface area contributed by atoms with Crippen LogP contribution in [0.15, 0.2) is 41.0 Å². The van der Waals surface area contributed by atoms with Gasteiger partial charge in [0.15, 0.2) is 0 Å². The van der Waals surface area contributed by atoms with E-state index in [9.17, 15) is 4.79 Å². The lowest BCUT2D eigenvalue weighted by atomic mass is 9.99. The first-order valence-electron chi connectivity index (χ1n) is 8.06. The first kappa shape index (κ1) is 15.7. The van der Waals surface area contributed by atoms with Gasteiger partial charge in [0.25, 0.3) is 0 Å². The van der Waals surface area contributed by atoms with E-state index >= 15 is 0 Å². The number of amides is 1. The van der Waals surface area contributed by atoms with Crippen LogP contribution in [-0.4, -0.2) is 29.7 Å². The number of ether oxygens (including phenoxy) is 1. The van der Waals surface area contributed by atoms with Crippen LogP contribution in [0.5, 0.6) is 0 Å². The maximum absolute atomic E-state index is 12.3. The molecule has 1 aliphatic rings. The minimum atomic E-state index is -0.456. The summed E-state index contributed by atoms with van der Waals surface area (Å²) in [6, 6.07) is 10.3. The van der Waals surface area contributed by atoms with Crippen LogP contribution in [0.2, 0.25) is 0 Å². The Hall–Kier alpha value is -2.23. The highest BCUT2D eigenvalue weighted by atomic mass is 16.6. The first-order valence-corrected chi connectivity index (χ1v) is 8.06. The van der Waals surface area contributed by atoms with E-state index < -0.39 is 5.60 Å². The molecule has 122 valence electrons. The number of rotatable bonds is 1. The third-order valence-electron chi connectivity index (χ3n) is 3.97. The fraction of sp³-hybridized carbons (Fsp3) is 0.421. The summed E-state index contributed by atoms with van der Waals surface area (Å²) in [4.78, 5) is 14.1. The molecule has 0 unspecified atom stereocenters. The van der Waals surface area contributed by atoms with Crippen molar-refractivity contribution in [3.63, 3.8) is 0 Å². The van der Waals surface area contributed by atoms with Crippen molar-refractivity contribution in [3.05, 3.63) is 47.7 Å². The summed E-state index contributed by atoms with van der Waals surface area (Å²) in [5, 5.41) is 0. The molecule has 1 aromatic heterocycles. The smallest absolute Gasteiger partial charge is 0.410 e. The number of hydrogen-bond donors (Lipinski definition) is 0. The molecule has 4 nitrogen and oxygen atoms in total. The van der Waals surface area contributed by atoms with Crippen molar-refractivity contribution in [2.45, 2.75) is 39.2 Å². The Morgan fingerprint density at radius 1 is 1.13 bits per heavy atom. The van der Waals surface area contributed by atoms with Crippen molar-refractivity contribution >= 4 is 6.09 Å². The van der Waals surface area contributed by atoms with Crippen molar-refractivity contribution in [3.8, 4) is 11.3 Å². The van der Waals surface area contributed by atoms with Gasteiger partial charge in [-0.3, -0.25) is 0 Å². The van der Waals surface area contributed by atoms with Gasteiger partial charge in [-0.2, -0.15) is 0 Å². The number of carbonyl (C=O) groups is 1. The molecule has 1 aliphatic heterocycles. The summed E-state index contributed by atoms with van der Waals surface area (Å²) < 4.78 is 11.0. The molecule has 0 bridgehead atoms. The van der Waals surface area contributed by atoms with Gasteiger partial charge in [-0.05, 0) is 62.9 Å². The van der Waals surface area contributed by atoms with Gasteiger partial charge in [-0.15, -0.1) is 0 Å². The monoisotopic (exact) mass is 313 g/mol. The summed E-state index contributed by atoms with van der Waals surface area (Å²) in [7, 11) is 0. The quantitative estimate of drug-likeness (QED) is 0.789. The van der Waals surface area contributed by atoms with Gasteiger partial charge in [0.2, 0.25) is 0 Å².